The number of anilines is 1. The van der Waals surface area contributed by atoms with Crippen molar-refractivity contribution >= 4 is 28.4 Å². The number of amides is 1. The first-order valence-electron chi connectivity index (χ1n) is 8.89. The molecule has 0 radical (unpaired) electrons. The van der Waals surface area contributed by atoms with Crippen molar-refractivity contribution in [1.29, 1.82) is 0 Å². The second kappa shape index (κ2) is 6.64. The van der Waals surface area contributed by atoms with Gasteiger partial charge in [-0.2, -0.15) is 0 Å². The van der Waals surface area contributed by atoms with Crippen molar-refractivity contribution in [1.82, 2.24) is 4.90 Å². The minimum absolute atomic E-state index is 0.0449. The number of nitrogens with two attached hydrogens (primary N) is 1. The molecule has 2 fully saturated rings. The molecule has 1 saturated heterocycles. The van der Waals surface area contributed by atoms with E-state index in [1.807, 2.05) is 4.90 Å². The van der Waals surface area contributed by atoms with Gasteiger partial charge < -0.3 is 15.4 Å². The first kappa shape index (κ1) is 17.4. The Morgan fingerprint density at radius 3 is 2.96 bits per heavy atom. The van der Waals surface area contributed by atoms with Gasteiger partial charge in [-0.1, -0.05) is 6.07 Å². The van der Waals surface area contributed by atoms with E-state index in [4.69, 9.17) is 10.5 Å². The Morgan fingerprint density at radius 2 is 2.19 bits per heavy atom. The minimum Gasteiger partial charge on any atom is -0.492 e. The van der Waals surface area contributed by atoms with Gasteiger partial charge in [-0.25, -0.2) is 0 Å². The van der Waals surface area contributed by atoms with Crippen molar-refractivity contribution in [3.8, 4) is 5.75 Å². The molecule has 1 aromatic carbocycles. The fourth-order valence-electron chi connectivity index (χ4n) is 3.55. The predicted molar refractivity (Wildman–Crippen MR) is 101 cm³/mol. The van der Waals surface area contributed by atoms with Gasteiger partial charge in [0, 0.05) is 24.9 Å². The van der Waals surface area contributed by atoms with E-state index in [-0.39, 0.29) is 23.6 Å². The third-order valence-corrected chi connectivity index (χ3v) is 5.93. The third kappa shape index (κ3) is 3.60. The number of amidine groups is 1. The molecule has 1 aromatic rings. The summed E-state index contributed by atoms with van der Waals surface area (Å²) in [5.41, 5.74) is 6.94. The molecule has 2 aliphatic heterocycles. The lowest BCUT2D eigenvalue weighted by atomic mass is 9.98. The van der Waals surface area contributed by atoms with Crippen molar-refractivity contribution in [3.05, 3.63) is 23.8 Å². The van der Waals surface area contributed by atoms with Crippen molar-refractivity contribution < 1.29 is 18.6 Å². The SMILES string of the molecule is NC1=NS(O)(O)Nc2cccc(OC[C@H]3CCCN(C(=O)C4CC4)C3)c21. The normalized spacial score (nSPS) is 25.5. The lowest BCUT2D eigenvalue weighted by molar-refractivity contribution is -0.134. The van der Waals surface area contributed by atoms with Gasteiger partial charge in [-0.05, 0) is 48.8 Å². The summed E-state index contributed by atoms with van der Waals surface area (Å²) in [5.74, 6) is 1.41. The Kier molecular flexibility index (Phi) is 4.45. The molecule has 9 heteroatoms. The maximum Gasteiger partial charge on any atom is 0.225 e. The molecule has 2 heterocycles. The molecule has 3 aliphatic rings. The molecule has 1 amide bonds. The molecular formula is C17H24N4O4S. The van der Waals surface area contributed by atoms with Gasteiger partial charge in [0.1, 0.15) is 5.75 Å². The van der Waals surface area contributed by atoms with Gasteiger partial charge in [0.25, 0.3) is 0 Å². The van der Waals surface area contributed by atoms with Crippen molar-refractivity contribution in [3.63, 3.8) is 0 Å². The molecule has 4 rings (SSSR count). The van der Waals surface area contributed by atoms with Crippen LogP contribution < -0.4 is 15.2 Å². The predicted octanol–water partition coefficient (Wildman–Crippen LogP) is 2.43. The van der Waals surface area contributed by atoms with Crippen LogP contribution in [-0.4, -0.2) is 45.4 Å². The van der Waals surface area contributed by atoms with Crippen LogP contribution in [0.4, 0.5) is 5.69 Å². The third-order valence-electron chi connectivity index (χ3n) is 4.99. The fourth-order valence-corrected chi connectivity index (χ4v) is 4.43. The van der Waals surface area contributed by atoms with Gasteiger partial charge >= 0.3 is 0 Å². The summed E-state index contributed by atoms with van der Waals surface area (Å²) in [4.78, 5) is 14.2. The first-order valence-corrected chi connectivity index (χ1v) is 10.4. The summed E-state index contributed by atoms with van der Waals surface area (Å²) >= 11 is 0. The average Bonchev–Trinajstić information content (AvgIpc) is 3.43. The number of nitrogens with one attached hydrogen (secondary N) is 1. The molecule has 0 spiro atoms. The summed E-state index contributed by atoms with van der Waals surface area (Å²) in [6.45, 7) is 2.05. The monoisotopic (exact) mass is 380 g/mol. The number of nitrogens with zero attached hydrogens (tertiary/aromatic N) is 2. The van der Waals surface area contributed by atoms with E-state index in [1.54, 1.807) is 18.2 Å². The number of hydrogen-bond acceptors (Lipinski definition) is 7. The second-order valence-corrected chi connectivity index (χ2v) is 8.58. The summed E-state index contributed by atoms with van der Waals surface area (Å²) < 4.78 is 31.8. The maximum absolute atomic E-state index is 12.3. The van der Waals surface area contributed by atoms with E-state index < -0.39 is 11.0 Å². The average molecular weight is 380 g/mol. The van der Waals surface area contributed by atoms with Crippen LogP contribution in [0, 0.1) is 11.8 Å². The lowest BCUT2D eigenvalue weighted by Crippen LogP contribution is -2.42. The number of rotatable bonds is 4. The Labute approximate surface area is 154 Å². The molecular weight excluding hydrogens is 356 g/mol. The molecule has 0 bridgehead atoms. The summed E-state index contributed by atoms with van der Waals surface area (Å²) in [5, 5.41) is 0. The van der Waals surface area contributed by atoms with E-state index in [1.165, 1.54) is 0 Å². The number of likely N-dealkylation sites (tertiary alicyclic amines) is 1. The molecule has 8 nitrogen and oxygen atoms in total. The van der Waals surface area contributed by atoms with Crippen LogP contribution in [0.25, 0.3) is 0 Å². The molecule has 5 N–H and O–H groups in total. The van der Waals surface area contributed by atoms with E-state index >= 15 is 0 Å². The molecule has 1 atom stereocenters. The second-order valence-electron chi connectivity index (χ2n) is 7.15. The lowest BCUT2D eigenvalue weighted by Gasteiger charge is -2.34. The highest BCUT2D eigenvalue weighted by molar-refractivity contribution is 8.24. The Balaban J connectivity index is 1.43. The van der Waals surface area contributed by atoms with Gasteiger partial charge in [-0.3, -0.25) is 18.6 Å². The zero-order chi connectivity index (χ0) is 18.3. The number of benzene rings is 1. The number of piperidine rings is 1. The maximum atomic E-state index is 12.3. The van der Waals surface area contributed by atoms with Crippen LogP contribution in [0.1, 0.15) is 31.2 Å². The molecule has 1 saturated carbocycles. The number of ether oxygens (including phenoxy) is 1. The van der Waals surface area contributed by atoms with Gasteiger partial charge in [0.2, 0.25) is 5.91 Å². The summed E-state index contributed by atoms with van der Waals surface area (Å²) in [7, 11) is -3.30. The van der Waals surface area contributed by atoms with Crippen LogP contribution in [0.3, 0.4) is 0 Å². The standard InChI is InChI=1S/C17H24N4O4S/c18-16-15-13(19-26(23,24)20-16)4-1-5-14(15)25-10-11-3-2-8-21(9-11)17(22)12-6-7-12/h1,4-5,11-12,19,23-24H,2-3,6-10H2,(H2,18,20)/t11-/m0/s1. The van der Waals surface area contributed by atoms with Crippen LogP contribution in [0.5, 0.6) is 5.75 Å². The summed E-state index contributed by atoms with van der Waals surface area (Å²) in [6, 6.07) is 5.25. The minimum atomic E-state index is -3.30. The van der Waals surface area contributed by atoms with Gasteiger partial charge in [0.05, 0.1) is 17.9 Å². The number of carbonyl (C=O) groups is 1. The van der Waals surface area contributed by atoms with Crippen molar-refractivity contribution in [2.24, 2.45) is 22.0 Å². The van der Waals surface area contributed by atoms with Crippen LogP contribution in [-0.2, 0) is 4.79 Å². The number of fused-ring (bicyclic) bond motifs is 1. The zero-order valence-corrected chi connectivity index (χ0v) is 15.2. The Morgan fingerprint density at radius 1 is 1.38 bits per heavy atom. The van der Waals surface area contributed by atoms with Crippen LogP contribution in [0.2, 0.25) is 0 Å². The van der Waals surface area contributed by atoms with Crippen LogP contribution >= 0.6 is 11.0 Å². The first-order chi connectivity index (χ1) is 12.4. The fraction of sp³-hybridized carbons (Fsp3) is 0.529. The molecule has 26 heavy (non-hydrogen) atoms. The molecule has 0 unspecified atom stereocenters. The quantitative estimate of drug-likeness (QED) is 0.637. The summed E-state index contributed by atoms with van der Waals surface area (Å²) in [6.07, 6.45) is 4.06. The molecule has 142 valence electrons. The van der Waals surface area contributed by atoms with E-state index in [0.717, 1.165) is 38.8 Å². The number of hydrogen-bond donors (Lipinski definition) is 4. The smallest absolute Gasteiger partial charge is 0.225 e. The van der Waals surface area contributed by atoms with Crippen LogP contribution in [0.15, 0.2) is 22.6 Å². The highest BCUT2D eigenvalue weighted by atomic mass is 32.3. The topological polar surface area (TPSA) is 120 Å². The zero-order valence-electron chi connectivity index (χ0n) is 14.4. The Hall–Kier alpha value is -1.97. The molecule has 0 aromatic heterocycles. The highest BCUT2D eigenvalue weighted by Gasteiger charge is 2.35. The molecule has 1 aliphatic carbocycles. The Bertz CT molecular complexity index is 750. The van der Waals surface area contributed by atoms with Gasteiger partial charge in [-0.15, -0.1) is 4.40 Å². The highest BCUT2D eigenvalue weighted by Crippen LogP contribution is 2.46. The van der Waals surface area contributed by atoms with E-state index in [9.17, 15) is 13.9 Å². The van der Waals surface area contributed by atoms with Gasteiger partial charge in [0.15, 0.2) is 5.84 Å². The van der Waals surface area contributed by atoms with Crippen molar-refractivity contribution in [2.45, 2.75) is 25.7 Å². The number of carbonyl (C=O) groups excluding carboxylic acids is 1. The van der Waals surface area contributed by atoms with E-state index in [0.29, 0.717) is 23.6 Å². The largest absolute Gasteiger partial charge is 0.492 e. The van der Waals surface area contributed by atoms with E-state index in [2.05, 4.69) is 9.12 Å². The van der Waals surface area contributed by atoms with Crippen molar-refractivity contribution in [2.75, 3.05) is 24.4 Å².